The maximum atomic E-state index is 5.75. The minimum Gasteiger partial charge on any atom is -0.328 e. The van der Waals surface area contributed by atoms with Crippen molar-refractivity contribution < 1.29 is 0 Å². The predicted molar refractivity (Wildman–Crippen MR) is 53.5 cm³/mol. The van der Waals surface area contributed by atoms with Crippen LogP contribution < -0.4 is 5.73 Å². The first-order chi connectivity index (χ1) is 6.65. The molecule has 1 aliphatic rings. The molecule has 5 heteroatoms. The van der Waals surface area contributed by atoms with Crippen LogP contribution in [-0.4, -0.2) is 39.0 Å². The number of nitrogens with zero attached hydrogens (tertiary/aromatic N) is 4. The normalized spacial score (nSPS) is 26.6. The van der Waals surface area contributed by atoms with Crippen LogP contribution in [0.5, 0.6) is 0 Å². The van der Waals surface area contributed by atoms with Crippen molar-refractivity contribution in [1.82, 2.24) is 19.9 Å². The summed E-state index contributed by atoms with van der Waals surface area (Å²) in [7, 11) is 4.00. The second-order valence-electron chi connectivity index (χ2n) is 4.18. The zero-order valence-corrected chi connectivity index (χ0v) is 8.72. The number of nitrogens with two attached hydrogens (primary N) is 1. The van der Waals surface area contributed by atoms with Gasteiger partial charge in [-0.2, -0.15) is 0 Å². The van der Waals surface area contributed by atoms with Crippen LogP contribution in [0.15, 0.2) is 6.20 Å². The van der Waals surface area contributed by atoms with E-state index in [1.165, 1.54) is 0 Å². The Morgan fingerprint density at radius 2 is 2.36 bits per heavy atom. The van der Waals surface area contributed by atoms with Crippen LogP contribution in [0.2, 0.25) is 0 Å². The van der Waals surface area contributed by atoms with Crippen LogP contribution in [0.1, 0.15) is 18.5 Å². The third-order valence-corrected chi connectivity index (χ3v) is 2.83. The molecule has 1 aromatic rings. The lowest BCUT2D eigenvalue weighted by atomic mass is 9.86. The van der Waals surface area contributed by atoms with Gasteiger partial charge >= 0.3 is 0 Å². The second-order valence-corrected chi connectivity index (χ2v) is 4.18. The Labute approximate surface area is 83.9 Å². The first-order valence-electron chi connectivity index (χ1n) is 4.96. The van der Waals surface area contributed by atoms with E-state index < -0.39 is 0 Å². The van der Waals surface area contributed by atoms with Crippen molar-refractivity contribution >= 4 is 0 Å². The van der Waals surface area contributed by atoms with Gasteiger partial charge < -0.3 is 5.73 Å². The summed E-state index contributed by atoms with van der Waals surface area (Å²) in [6, 6.07) is 1.04. The third-order valence-electron chi connectivity index (χ3n) is 2.83. The lowest BCUT2D eigenvalue weighted by molar-refractivity contribution is 0.131. The molecule has 0 bridgehead atoms. The second kappa shape index (κ2) is 3.67. The van der Waals surface area contributed by atoms with E-state index in [9.17, 15) is 0 Å². The molecule has 5 nitrogen and oxygen atoms in total. The molecule has 1 heterocycles. The Morgan fingerprint density at radius 3 is 2.86 bits per heavy atom. The minimum absolute atomic E-state index is 0.407. The first kappa shape index (κ1) is 9.61. The lowest BCUT2D eigenvalue weighted by Gasteiger charge is -2.38. The summed E-state index contributed by atoms with van der Waals surface area (Å²) in [4.78, 5) is 2.30. The van der Waals surface area contributed by atoms with Crippen LogP contribution in [0.3, 0.4) is 0 Å². The van der Waals surface area contributed by atoms with Gasteiger partial charge in [0.25, 0.3) is 0 Å². The van der Waals surface area contributed by atoms with E-state index in [0.29, 0.717) is 12.1 Å². The summed E-state index contributed by atoms with van der Waals surface area (Å²) < 4.78 is 1.73. The minimum atomic E-state index is 0.407. The topological polar surface area (TPSA) is 60.0 Å². The monoisotopic (exact) mass is 195 g/mol. The van der Waals surface area contributed by atoms with Crippen molar-refractivity contribution in [1.29, 1.82) is 0 Å². The third kappa shape index (κ3) is 1.93. The molecule has 2 N–H and O–H groups in total. The van der Waals surface area contributed by atoms with Crippen molar-refractivity contribution in [3.63, 3.8) is 0 Å². The van der Waals surface area contributed by atoms with Gasteiger partial charge in [-0.15, -0.1) is 5.10 Å². The van der Waals surface area contributed by atoms with Gasteiger partial charge in [0.15, 0.2) is 0 Å². The number of hydrogen-bond donors (Lipinski definition) is 1. The highest BCUT2D eigenvalue weighted by atomic mass is 15.4. The fourth-order valence-electron chi connectivity index (χ4n) is 1.84. The fourth-order valence-corrected chi connectivity index (χ4v) is 1.84. The Bertz CT molecular complexity index is 302. The highest BCUT2D eigenvalue weighted by Gasteiger charge is 2.29. The maximum absolute atomic E-state index is 5.75. The average molecular weight is 195 g/mol. The summed E-state index contributed by atoms with van der Waals surface area (Å²) in [5, 5.41) is 7.96. The quantitative estimate of drug-likeness (QED) is 0.721. The maximum Gasteiger partial charge on any atom is 0.0966 e. The summed E-state index contributed by atoms with van der Waals surface area (Å²) >= 11 is 0. The molecule has 1 aromatic heterocycles. The lowest BCUT2D eigenvalue weighted by Crippen LogP contribution is -2.48. The molecule has 0 unspecified atom stereocenters. The van der Waals surface area contributed by atoms with Gasteiger partial charge in [0, 0.05) is 31.9 Å². The van der Waals surface area contributed by atoms with E-state index >= 15 is 0 Å². The van der Waals surface area contributed by atoms with Crippen LogP contribution in [-0.2, 0) is 13.6 Å². The summed E-state index contributed by atoms with van der Waals surface area (Å²) in [5.74, 6) is 0. The van der Waals surface area contributed by atoms with Crippen LogP contribution in [0.4, 0.5) is 0 Å². The van der Waals surface area contributed by atoms with Gasteiger partial charge in [-0.25, -0.2) is 0 Å². The van der Waals surface area contributed by atoms with E-state index in [1.807, 2.05) is 13.2 Å². The molecule has 14 heavy (non-hydrogen) atoms. The van der Waals surface area contributed by atoms with Crippen LogP contribution in [0.25, 0.3) is 0 Å². The Balaban J connectivity index is 1.85. The SMILES string of the molecule is CN(Cc1cn(C)nn1)C1CC(N)C1. The molecule has 0 aliphatic heterocycles. The summed E-state index contributed by atoms with van der Waals surface area (Å²) in [6.45, 7) is 0.866. The molecular weight excluding hydrogens is 178 g/mol. The molecule has 0 spiro atoms. The molecule has 0 saturated heterocycles. The van der Waals surface area contributed by atoms with Crippen molar-refractivity contribution in [2.75, 3.05) is 7.05 Å². The summed E-state index contributed by atoms with van der Waals surface area (Å²) in [5.41, 5.74) is 6.77. The molecule has 0 radical (unpaired) electrons. The molecule has 1 aliphatic carbocycles. The number of aromatic nitrogens is 3. The first-order valence-corrected chi connectivity index (χ1v) is 4.96. The largest absolute Gasteiger partial charge is 0.328 e. The highest BCUT2D eigenvalue weighted by Crippen LogP contribution is 2.23. The molecule has 2 rings (SSSR count). The Kier molecular flexibility index (Phi) is 2.52. The standard InChI is InChI=1S/C9H17N5/c1-13(9-3-7(10)4-9)5-8-6-14(2)12-11-8/h6-7,9H,3-5,10H2,1-2H3. The van der Waals surface area contributed by atoms with E-state index in [4.69, 9.17) is 5.73 Å². The molecule has 1 fully saturated rings. The highest BCUT2D eigenvalue weighted by molar-refractivity contribution is 4.95. The van der Waals surface area contributed by atoms with Gasteiger partial charge in [0.05, 0.1) is 5.69 Å². The van der Waals surface area contributed by atoms with Gasteiger partial charge in [-0.05, 0) is 19.9 Å². The number of aryl methyl sites for hydroxylation is 1. The van der Waals surface area contributed by atoms with Gasteiger partial charge in [0.1, 0.15) is 0 Å². The van der Waals surface area contributed by atoms with Crippen LogP contribution >= 0.6 is 0 Å². The molecule has 0 atom stereocenters. The molecule has 78 valence electrons. The van der Waals surface area contributed by atoms with Gasteiger partial charge in [0.2, 0.25) is 0 Å². The zero-order chi connectivity index (χ0) is 10.1. The van der Waals surface area contributed by atoms with Gasteiger partial charge in [-0.3, -0.25) is 9.58 Å². The fraction of sp³-hybridized carbons (Fsp3) is 0.778. The van der Waals surface area contributed by atoms with E-state index in [1.54, 1.807) is 4.68 Å². The molecular formula is C9H17N5. The van der Waals surface area contributed by atoms with Crippen molar-refractivity contribution in [3.05, 3.63) is 11.9 Å². The smallest absolute Gasteiger partial charge is 0.0966 e. The summed E-state index contributed by atoms with van der Waals surface area (Å²) in [6.07, 6.45) is 4.17. The molecule has 0 amide bonds. The average Bonchev–Trinajstić information content (AvgIpc) is 2.45. The van der Waals surface area contributed by atoms with E-state index in [0.717, 1.165) is 25.1 Å². The zero-order valence-electron chi connectivity index (χ0n) is 8.72. The van der Waals surface area contributed by atoms with E-state index in [-0.39, 0.29) is 0 Å². The Morgan fingerprint density at radius 1 is 1.64 bits per heavy atom. The van der Waals surface area contributed by atoms with Crippen molar-refractivity contribution in [2.24, 2.45) is 12.8 Å². The van der Waals surface area contributed by atoms with Crippen LogP contribution in [0, 0.1) is 0 Å². The van der Waals surface area contributed by atoms with Crippen molar-refractivity contribution in [2.45, 2.75) is 31.5 Å². The number of hydrogen-bond acceptors (Lipinski definition) is 4. The Hall–Kier alpha value is -0.940. The van der Waals surface area contributed by atoms with Crippen molar-refractivity contribution in [3.8, 4) is 0 Å². The van der Waals surface area contributed by atoms with Gasteiger partial charge in [-0.1, -0.05) is 5.21 Å². The number of rotatable bonds is 3. The predicted octanol–water partition coefficient (Wildman–Crippen LogP) is -0.263. The van der Waals surface area contributed by atoms with E-state index in [2.05, 4.69) is 22.3 Å². The molecule has 1 saturated carbocycles. The molecule has 0 aromatic carbocycles.